The number of imidazole rings is 1. The summed E-state index contributed by atoms with van der Waals surface area (Å²) in [6, 6.07) is -3.33. The van der Waals surface area contributed by atoms with Crippen LogP contribution in [0.4, 0.5) is 4.79 Å². The SMILES string of the molecule is C[C@H](N)C(=O)OCc1nccn1CC(=O)NNC(=O)[C@@H]1CC[C@@H]2CN1C(=O)N2OS(=O)(=O)O. The first-order chi connectivity index (χ1) is 15.5. The zero-order valence-corrected chi connectivity index (χ0v) is 18.2. The maximum Gasteiger partial charge on any atom is 0.418 e. The predicted octanol–water partition coefficient (Wildman–Crippen LogP) is -2.58. The third kappa shape index (κ3) is 5.95. The van der Waals surface area contributed by atoms with Gasteiger partial charge in [-0.15, -0.1) is 4.28 Å². The minimum Gasteiger partial charge on any atom is -0.456 e. The molecule has 0 spiro atoms. The van der Waals surface area contributed by atoms with E-state index >= 15 is 0 Å². The molecule has 0 radical (unpaired) electrons. The Balaban J connectivity index is 1.51. The number of esters is 1. The molecule has 3 heterocycles. The van der Waals surface area contributed by atoms with Gasteiger partial charge in [-0.1, -0.05) is 0 Å². The van der Waals surface area contributed by atoms with Gasteiger partial charge in [-0.3, -0.25) is 29.8 Å². The Morgan fingerprint density at radius 1 is 1.33 bits per heavy atom. The van der Waals surface area contributed by atoms with E-state index in [2.05, 4.69) is 20.1 Å². The molecule has 2 bridgehead atoms. The summed E-state index contributed by atoms with van der Waals surface area (Å²) >= 11 is 0. The Bertz CT molecular complexity index is 1040. The quantitative estimate of drug-likeness (QED) is 0.169. The number of rotatable bonds is 8. The Morgan fingerprint density at radius 3 is 2.73 bits per heavy atom. The minimum absolute atomic E-state index is 0.0128. The van der Waals surface area contributed by atoms with Crippen LogP contribution in [0.2, 0.25) is 0 Å². The summed E-state index contributed by atoms with van der Waals surface area (Å²) in [7, 11) is -4.90. The Hall–Kier alpha value is -3.28. The first kappa shape index (κ1) is 24.4. The van der Waals surface area contributed by atoms with E-state index in [-0.39, 0.29) is 38.4 Å². The van der Waals surface area contributed by atoms with Crippen molar-refractivity contribution in [3.8, 4) is 0 Å². The van der Waals surface area contributed by atoms with Crippen LogP contribution in [-0.2, 0) is 47.0 Å². The second kappa shape index (κ2) is 9.69. The molecule has 33 heavy (non-hydrogen) atoms. The minimum atomic E-state index is -4.90. The third-order valence-corrected chi connectivity index (χ3v) is 5.31. The van der Waals surface area contributed by atoms with E-state index in [1.165, 1.54) is 23.9 Å². The number of aromatic nitrogens is 2. The van der Waals surface area contributed by atoms with Crippen LogP contribution in [0.3, 0.4) is 0 Å². The molecule has 2 fully saturated rings. The number of nitrogens with two attached hydrogens (primary N) is 1. The Labute approximate surface area is 187 Å². The van der Waals surface area contributed by atoms with Gasteiger partial charge >= 0.3 is 22.4 Å². The second-order valence-corrected chi connectivity index (χ2v) is 8.42. The molecule has 2 aliphatic heterocycles. The van der Waals surface area contributed by atoms with Crippen molar-refractivity contribution in [2.24, 2.45) is 5.73 Å². The zero-order valence-electron chi connectivity index (χ0n) is 17.4. The molecule has 2 saturated heterocycles. The molecule has 0 saturated carbocycles. The van der Waals surface area contributed by atoms with Gasteiger partial charge in [0.1, 0.15) is 31.1 Å². The number of hydroxylamine groups is 2. The van der Waals surface area contributed by atoms with Crippen LogP contribution >= 0.6 is 0 Å². The molecular formula is C16H23N7O9S. The monoisotopic (exact) mass is 489 g/mol. The molecule has 3 atom stereocenters. The Morgan fingerprint density at radius 2 is 2.06 bits per heavy atom. The summed E-state index contributed by atoms with van der Waals surface area (Å²) in [6.07, 6.45) is 3.30. The summed E-state index contributed by atoms with van der Waals surface area (Å²) in [5.74, 6) is -1.67. The van der Waals surface area contributed by atoms with E-state index in [0.29, 0.717) is 5.06 Å². The van der Waals surface area contributed by atoms with Crippen molar-refractivity contribution in [3.63, 3.8) is 0 Å². The number of nitrogens with one attached hydrogen (secondary N) is 2. The molecular weight excluding hydrogens is 466 g/mol. The maximum atomic E-state index is 12.5. The van der Waals surface area contributed by atoms with Crippen LogP contribution in [0.25, 0.3) is 0 Å². The fourth-order valence-electron chi connectivity index (χ4n) is 3.40. The molecule has 1 aromatic heterocycles. The van der Waals surface area contributed by atoms with E-state index in [1.54, 1.807) is 0 Å². The molecule has 17 heteroatoms. The standard InChI is InChI=1S/C16H23N7O9S/c1-9(17)15(26)31-8-12-18-4-5-21(12)7-13(24)19-20-14(25)11-3-2-10-6-22(11)16(27)23(10)32-33(28,29)30/h4-5,9-11H,2-3,6-8,17H2,1H3,(H,19,24)(H,20,25)(H,28,29,30)/t9-,10+,11-/m0/s1. The molecule has 3 rings (SSSR count). The van der Waals surface area contributed by atoms with Gasteiger partial charge in [-0.05, 0) is 19.8 Å². The van der Waals surface area contributed by atoms with E-state index in [0.717, 1.165) is 4.90 Å². The maximum absolute atomic E-state index is 12.5. The highest BCUT2D eigenvalue weighted by atomic mass is 32.3. The summed E-state index contributed by atoms with van der Waals surface area (Å²) in [5.41, 5.74) is 9.85. The molecule has 1 aromatic rings. The van der Waals surface area contributed by atoms with Crippen LogP contribution in [0.5, 0.6) is 0 Å². The average Bonchev–Trinajstić information content (AvgIpc) is 3.27. The topological polar surface area (TPSA) is 215 Å². The van der Waals surface area contributed by atoms with E-state index < -0.39 is 52.3 Å². The van der Waals surface area contributed by atoms with Crippen LogP contribution in [0.1, 0.15) is 25.6 Å². The van der Waals surface area contributed by atoms with Gasteiger partial charge in [0.25, 0.3) is 11.8 Å². The van der Waals surface area contributed by atoms with Gasteiger partial charge in [0.15, 0.2) is 0 Å². The predicted molar refractivity (Wildman–Crippen MR) is 105 cm³/mol. The lowest BCUT2D eigenvalue weighted by Gasteiger charge is -2.29. The number of carbonyl (C=O) groups is 4. The number of nitrogens with zero attached hydrogens (tertiary/aromatic N) is 4. The van der Waals surface area contributed by atoms with Crippen molar-refractivity contribution >= 4 is 34.2 Å². The first-order valence-corrected chi connectivity index (χ1v) is 11.1. The third-order valence-electron chi connectivity index (χ3n) is 4.96. The fourth-order valence-corrected chi connectivity index (χ4v) is 3.79. The van der Waals surface area contributed by atoms with Gasteiger partial charge in [0.2, 0.25) is 0 Å². The van der Waals surface area contributed by atoms with Gasteiger partial charge in [-0.2, -0.15) is 13.5 Å². The number of hydrazine groups is 1. The summed E-state index contributed by atoms with van der Waals surface area (Å²) in [4.78, 5) is 53.6. The van der Waals surface area contributed by atoms with Crippen LogP contribution in [0.15, 0.2) is 12.4 Å². The highest BCUT2D eigenvalue weighted by Gasteiger charge is 2.49. The molecule has 0 aliphatic carbocycles. The van der Waals surface area contributed by atoms with Gasteiger partial charge < -0.3 is 19.9 Å². The number of hydrogen-bond donors (Lipinski definition) is 4. The number of fused-ring (bicyclic) bond motifs is 2. The van der Waals surface area contributed by atoms with Gasteiger partial charge in [0, 0.05) is 18.9 Å². The smallest absolute Gasteiger partial charge is 0.418 e. The van der Waals surface area contributed by atoms with Crippen molar-refractivity contribution in [3.05, 3.63) is 18.2 Å². The van der Waals surface area contributed by atoms with Crippen molar-refractivity contribution in [1.82, 2.24) is 30.4 Å². The lowest BCUT2D eigenvalue weighted by atomic mass is 10.0. The molecule has 182 valence electrons. The number of urea groups is 1. The van der Waals surface area contributed by atoms with Crippen molar-refractivity contribution < 1.29 is 41.2 Å². The second-order valence-electron chi connectivity index (χ2n) is 7.42. The summed E-state index contributed by atoms with van der Waals surface area (Å²) in [6.45, 7) is 1.03. The van der Waals surface area contributed by atoms with Crippen LogP contribution < -0.4 is 16.6 Å². The fraction of sp³-hybridized carbons (Fsp3) is 0.562. The number of piperidine rings is 1. The lowest BCUT2D eigenvalue weighted by Crippen LogP contribution is -2.54. The van der Waals surface area contributed by atoms with Crippen molar-refractivity contribution in [2.75, 3.05) is 6.54 Å². The first-order valence-electron chi connectivity index (χ1n) is 9.74. The molecule has 0 unspecified atom stereocenters. The molecule has 0 aromatic carbocycles. The molecule has 16 nitrogen and oxygen atoms in total. The summed E-state index contributed by atoms with van der Waals surface area (Å²) in [5, 5.41) is 0.514. The number of amides is 4. The number of carbonyl (C=O) groups excluding carboxylic acids is 4. The van der Waals surface area contributed by atoms with Crippen molar-refractivity contribution in [2.45, 2.75) is 51.0 Å². The number of ether oxygens (including phenoxy) is 1. The van der Waals surface area contributed by atoms with Crippen molar-refractivity contribution in [1.29, 1.82) is 0 Å². The average molecular weight is 489 g/mol. The van der Waals surface area contributed by atoms with E-state index in [1.807, 2.05) is 0 Å². The zero-order chi connectivity index (χ0) is 24.3. The highest BCUT2D eigenvalue weighted by molar-refractivity contribution is 7.80. The normalized spacial score (nSPS) is 21.0. The van der Waals surface area contributed by atoms with Gasteiger partial charge in [-0.25, -0.2) is 9.78 Å². The summed E-state index contributed by atoms with van der Waals surface area (Å²) < 4.78 is 41.3. The largest absolute Gasteiger partial charge is 0.456 e. The molecule has 2 aliphatic rings. The molecule has 5 N–H and O–H groups in total. The van der Waals surface area contributed by atoms with E-state index in [4.69, 9.17) is 15.0 Å². The Kier molecular flexibility index (Phi) is 7.15. The highest BCUT2D eigenvalue weighted by Crippen LogP contribution is 2.30. The number of hydrogen-bond acceptors (Lipinski definition) is 10. The van der Waals surface area contributed by atoms with Gasteiger partial charge in [0.05, 0.1) is 6.04 Å². The lowest BCUT2D eigenvalue weighted by molar-refractivity contribution is -0.146. The van der Waals surface area contributed by atoms with Crippen LogP contribution in [-0.4, -0.2) is 81.0 Å². The van der Waals surface area contributed by atoms with Crippen LogP contribution in [0, 0.1) is 0 Å². The van der Waals surface area contributed by atoms with E-state index in [9.17, 15) is 27.6 Å². The molecule has 4 amide bonds.